The van der Waals surface area contributed by atoms with Crippen LogP contribution in [0.3, 0.4) is 0 Å². The Balaban J connectivity index is 2.94. The first-order valence-corrected chi connectivity index (χ1v) is 2.86. The predicted octanol–water partition coefficient (Wildman–Crippen LogP) is 0.473. The van der Waals surface area contributed by atoms with Crippen molar-refractivity contribution in [3.63, 3.8) is 0 Å². The molecular formula is C6H10N2O. The van der Waals surface area contributed by atoms with Crippen LogP contribution in [0.25, 0.3) is 0 Å². The number of aromatic nitrogens is 2. The lowest BCUT2D eigenvalue weighted by molar-refractivity contribution is 0.190. The standard InChI is InChI=1S/C6H10N2O/c1-5(9)6-3-7-4-8(6)2/h3-5,9H,1-2H3/t5-/m1/s1. The fraction of sp³-hybridized carbons (Fsp3) is 0.500. The third-order valence-electron chi connectivity index (χ3n) is 1.28. The van der Waals surface area contributed by atoms with Gasteiger partial charge in [0.05, 0.1) is 24.3 Å². The maximum atomic E-state index is 9.03. The Kier molecular flexibility index (Phi) is 1.53. The topological polar surface area (TPSA) is 38.1 Å². The predicted molar refractivity (Wildman–Crippen MR) is 33.8 cm³/mol. The minimum Gasteiger partial charge on any atom is -0.387 e. The van der Waals surface area contributed by atoms with Crippen LogP contribution in [-0.2, 0) is 7.05 Å². The molecule has 0 unspecified atom stereocenters. The Morgan fingerprint density at radius 2 is 2.44 bits per heavy atom. The van der Waals surface area contributed by atoms with E-state index >= 15 is 0 Å². The lowest BCUT2D eigenvalue weighted by atomic mass is 10.3. The van der Waals surface area contributed by atoms with Crippen molar-refractivity contribution in [2.45, 2.75) is 13.0 Å². The second kappa shape index (κ2) is 2.19. The molecule has 1 aromatic rings. The van der Waals surface area contributed by atoms with Gasteiger partial charge in [-0.15, -0.1) is 0 Å². The van der Waals surface area contributed by atoms with E-state index in [0.29, 0.717) is 0 Å². The molecule has 0 aliphatic heterocycles. The minimum atomic E-state index is -0.419. The van der Waals surface area contributed by atoms with Gasteiger partial charge < -0.3 is 9.67 Å². The molecule has 3 heteroatoms. The molecule has 0 aliphatic carbocycles. The van der Waals surface area contributed by atoms with E-state index in [9.17, 15) is 0 Å². The molecule has 0 spiro atoms. The van der Waals surface area contributed by atoms with Crippen LogP contribution < -0.4 is 0 Å². The summed E-state index contributed by atoms with van der Waals surface area (Å²) in [4.78, 5) is 3.85. The van der Waals surface area contributed by atoms with Gasteiger partial charge in [-0.25, -0.2) is 4.98 Å². The number of aliphatic hydroxyl groups is 1. The van der Waals surface area contributed by atoms with Crippen molar-refractivity contribution in [3.05, 3.63) is 18.2 Å². The average Bonchev–Trinajstić information content (AvgIpc) is 2.13. The lowest BCUT2D eigenvalue weighted by Crippen LogP contribution is -1.98. The first kappa shape index (κ1) is 6.29. The zero-order valence-corrected chi connectivity index (χ0v) is 5.57. The minimum absolute atomic E-state index is 0.419. The number of aliphatic hydroxyl groups excluding tert-OH is 1. The molecule has 0 saturated heterocycles. The molecule has 1 atom stereocenters. The molecule has 3 nitrogen and oxygen atoms in total. The molecule has 0 aromatic carbocycles. The zero-order valence-electron chi connectivity index (χ0n) is 5.57. The summed E-state index contributed by atoms with van der Waals surface area (Å²) in [5.74, 6) is 0. The molecule has 0 radical (unpaired) electrons. The molecule has 0 aliphatic rings. The Labute approximate surface area is 54.0 Å². The van der Waals surface area contributed by atoms with Gasteiger partial charge in [-0.3, -0.25) is 0 Å². The van der Waals surface area contributed by atoms with Crippen LogP contribution in [0.4, 0.5) is 0 Å². The van der Waals surface area contributed by atoms with Crippen LogP contribution >= 0.6 is 0 Å². The highest BCUT2D eigenvalue weighted by atomic mass is 16.3. The maximum absolute atomic E-state index is 9.03. The Bertz CT molecular complexity index is 193. The molecule has 1 heterocycles. The zero-order chi connectivity index (χ0) is 6.85. The van der Waals surface area contributed by atoms with Crippen molar-refractivity contribution in [1.29, 1.82) is 0 Å². The molecule has 50 valence electrons. The van der Waals surface area contributed by atoms with E-state index in [-0.39, 0.29) is 0 Å². The summed E-state index contributed by atoms with van der Waals surface area (Å²) in [6, 6.07) is 0. The van der Waals surface area contributed by atoms with Crippen LogP contribution in [0.5, 0.6) is 0 Å². The van der Waals surface area contributed by atoms with Gasteiger partial charge in [-0.05, 0) is 6.92 Å². The van der Waals surface area contributed by atoms with Crippen LogP contribution in [0.15, 0.2) is 12.5 Å². The summed E-state index contributed by atoms with van der Waals surface area (Å²) >= 11 is 0. The lowest BCUT2D eigenvalue weighted by Gasteiger charge is -2.02. The van der Waals surface area contributed by atoms with Gasteiger partial charge in [-0.2, -0.15) is 0 Å². The van der Waals surface area contributed by atoms with Gasteiger partial charge in [-0.1, -0.05) is 0 Å². The van der Waals surface area contributed by atoms with Gasteiger partial charge in [0.2, 0.25) is 0 Å². The number of nitrogens with zero attached hydrogens (tertiary/aromatic N) is 2. The summed E-state index contributed by atoms with van der Waals surface area (Å²) in [6.45, 7) is 1.72. The molecule has 0 fully saturated rings. The molecule has 1 N–H and O–H groups in total. The van der Waals surface area contributed by atoms with E-state index in [1.807, 2.05) is 7.05 Å². The Hall–Kier alpha value is -0.830. The van der Waals surface area contributed by atoms with Crippen molar-refractivity contribution in [2.24, 2.45) is 7.05 Å². The second-order valence-corrected chi connectivity index (χ2v) is 2.11. The molecule has 0 saturated carbocycles. The van der Waals surface area contributed by atoms with Crippen molar-refractivity contribution in [2.75, 3.05) is 0 Å². The molecule has 0 bridgehead atoms. The third-order valence-corrected chi connectivity index (χ3v) is 1.28. The maximum Gasteiger partial charge on any atom is 0.0946 e. The highest BCUT2D eigenvalue weighted by Crippen LogP contribution is 2.07. The van der Waals surface area contributed by atoms with Gasteiger partial charge in [0.15, 0.2) is 0 Å². The summed E-state index contributed by atoms with van der Waals surface area (Å²) in [5.41, 5.74) is 0.843. The quantitative estimate of drug-likeness (QED) is 0.594. The van der Waals surface area contributed by atoms with Crippen LogP contribution in [0, 0.1) is 0 Å². The van der Waals surface area contributed by atoms with Gasteiger partial charge >= 0.3 is 0 Å². The van der Waals surface area contributed by atoms with E-state index in [1.54, 1.807) is 24.0 Å². The van der Waals surface area contributed by atoms with E-state index in [0.717, 1.165) is 5.69 Å². The summed E-state index contributed by atoms with van der Waals surface area (Å²) in [6.07, 6.45) is 2.91. The number of aryl methyl sites for hydroxylation is 1. The molecule has 9 heavy (non-hydrogen) atoms. The first-order valence-electron chi connectivity index (χ1n) is 2.86. The van der Waals surface area contributed by atoms with Crippen molar-refractivity contribution in [1.82, 2.24) is 9.55 Å². The highest BCUT2D eigenvalue weighted by Gasteiger charge is 2.02. The largest absolute Gasteiger partial charge is 0.387 e. The van der Waals surface area contributed by atoms with E-state index in [4.69, 9.17) is 5.11 Å². The van der Waals surface area contributed by atoms with E-state index < -0.39 is 6.10 Å². The van der Waals surface area contributed by atoms with E-state index in [1.165, 1.54) is 0 Å². The normalized spacial score (nSPS) is 13.7. The fourth-order valence-corrected chi connectivity index (χ4v) is 0.770. The summed E-state index contributed by atoms with van der Waals surface area (Å²) in [5, 5.41) is 9.03. The SMILES string of the molecule is C[C@@H](O)c1cncn1C. The van der Waals surface area contributed by atoms with Crippen LogP contribution in [0.2, 0.25) is 0 Å². The van der Waals surface area contributed by atoms with Crippen molar-refractivity contribution >= 4 is 0 Å². The average molecular weight is 126 g/mol. The first-order chi connectivity index (χ1) is 4.22. The Morgan fingerprint density at radius 1 is 1.78 bits per heavy atom. The fourth-order valence-electron chi connectivity index (χ4n) is 0.770. The van der Waals surface area contributed by atoms with E-state index in [2.05, 4.69) is 4.98 Å². The monoisotopic (exact) mass is 126 g/mol. The molecule has 0 amide bonds. The van der Waals surface area contributed by atoms with Crippen LogP contribution in [-0.4, -0.2) is 14.7 Å². The van der Waals surface area contributed by atoms with Gasteiger partial charge in [0.25, 0.3) is 0 Å². The second-order valence-electron chi connectivity index (χ2n) is 2.11. The smallest absolute Gasteiger partial charge is 0.0946 e. The highest BCUT2D eigenvalue weighted by molar-refractivity contribution is 4.99. The number of imidazole rings is 1. The van der Waals surface area contributed by atoms with Crippen LogP contribution in [0.1, 0.15) is 18.7 Å². The molecule has 1 aromatic heterocycles. The van der Waals surface area contributed by atoms with Gasteiger partial charge in [0.1, 0.15) is 0 Å². The summed E-state index contributed by atoms with van der Waals surface area (Å²) in [7, 11) is 1.86. The third kappa shape index (κ3) is 1.10. The van der Waals surface area contributed by atoms with Crippen molar-refractivity contribution < 1.29 is 5.11 Å². The number of hydrogen-bond donors (Lipinski definition) is 1. The Morgan fingerprint density at radius 3 is 2.67 bits per heavy atom. The van der Waals surface area contributed by atoms with Crippen molar-refractivity contribution in [3.8, 4) is 0 Å². The van der Waals surface area contributed by atoms with Gasteiger partial charge in [0, 0.05) is 7.05 Å². The molecule has 1 rings (SSSR count). The molecular weight excluding hydrogens is 116 g/mol. The summed E-state index contributed by atoms with van der Waals surface area (Å²) < 4.78 is 1.80. The number of hydrogen-bond acceptors (Lipinski definition) is 2. The number of rotatable bonds is 1.